The van der Waals surface area contributed by atoms with Crippen molar-refractivity contribution in [3.63, 3.8) is 0 Å². The van der Waals surface area contributed by atoms with Crippen LogP contribution in [-0.2, 0) is 19.1 Å². The van der Waals surface area contributed by atoms with Gasteiger partial charge >= 0.3 is 0 Å². The van der Waals surface area contributed by atoms with Gasteiger partial charge in [-0.3, -0.25) is 9.59 Å². The summed E-state index contributed by atoms with van der Waals surface area (Å²) in [5, 5.41) is 21.6. The van der Waals surface area contributed by atoms with Crippen molar-refractivity contribution in [1.82, 2.24) is 0 Å². The largest absolute Gasteiger partial charge is 0.393 e. The van der Waals surface area contributed by atoms with Crippen molar-refractivity contribution in [3.8, 4) is 0 Å². The Hall–Kier alpha value is -1.41. The lowest BCUT2D eigenvalue weighted by Crippen LogP contribution is -2.64. The van der Waals surface area contributed by atoms with Crippen LogP contribution in [0.5, 0.6) is 0 Å². The zero-order chi connectivity index (χ0) is 23.4. The Kier molecular flexibility index (Phi) is 4.57. The van der Waals surface area contributed by atoms with Gasteiger partial charge in [-0.1, -0.05) is 19.9 Å². The Morgan fingerprint density at radius 3 is 2.67 bits per heavy atom. The second-order valence-electron chi connectivity index (χ2n) is 11.7. The fourth-order valence-corrected chi connectivity index (χ4v) is 9.00. The van der Waals surface area contributed by atoms with Crippen molar-refractivity contribution in [3.05, 3.63) is 23.8 Å². The van der Waals surface area contributed by atoms with Crippen LogP contribution in [0.1, 0.15) is 58.8 Å². The Morgan fingerprint density at radius 1 is 1.24 bits per heavy atom. The molecule has 5 fully saturated rings. The third-order valence-corrected chi connectivity index (χ3v) is 10.3. The van der Waals surface area contributed by atoms with Crippen LogP contribution >= 0.6 is 0 Å². The Bertz CT molecular complexity index is 968. The molecule has 9 atom stereocenters. The highest BCUT2D eigenvalue weighted by Gasteiger charge is 2.78. The molecular weight excluding hydrogens is 427 g/mol. The number of ketones is 2. The van der Waals surface area contributed by atoms with Crippen LogP contribution in [0.3, 0.4) is 0 Å². The standard InChI is InChI=1S/C26H33FO6/c1-23-8-5-14(29)9-17(23)18(27)10-15-16-11-21-26(20(31)13-28,24(16,2)12-19(30)22(15)23)33-25(32-21)6-3-4-7-25/h5,8-9,15-16,18-19,21-22,28,30H,3-4,6-7,10-13H2,1-2H3/t15-,16-,18-,19-,21+,22+,23-,24-,26+/m0/s1. The van der Waals surface area contributed by atoms with Gasteiger partial charge in [-0.2, -0.15) is 0 Å². The summed E-state index contributed by atoms with van der Waals surface area (Å²) in [6.07, 6.45) is 6.47. The van der Waals surface area contributed by atoms with Crippen molar-refractivity contribution in [2.75, 3.05) is 6.61 Å². The van der Waals surface area contributed by atoms with E-state index >= 15 is 4.39 Å². The van der Waals surface area contributed by atoms with E-state index in [0.29, 0.717) is 18.4 Å². The number of aliphatic hydroxyl groups is 2. The second-order valence-corrected chi connectivity index (χ2v) is 11.7. The van der Waals surface area contributed by atoms with Gasteiger partial charge in [-0.05, 0) is 61.7 Å². The van der Waals surface area contributed by atoms with E-state index in [1.54, 1.807) is 6.08 Å². The lowest BCUT2D eigenvalue weighted by Gasteiger charge is -2.60. The van der Waals surface area contributed by atoms with E-state index in [0.717, 1.165) is 25.7 Å². The molecule has 6 aliphatic rings. The van der Waals surface area contributed by atoms with Gasteiger partial charge in [0.25, 0.3) is 0 Å². The fourth-order valence-electron chi connectivity index (χ4n) is 9.00. The molecule has 7 heteroatoms. The van der Waals surface area contributed by atoms with E-state index in [2.05, 4.69) is 0 Å². The maximum atomic E-state index is 15.6. The number of alkyl halides is 1. The molecule has 180 valence electrons. The minimum Gasteiger partial charge on any atom is -0.393 e. The van der Waals surface area contributed by atoms with Gasteiger partial charge in [0, 0.05) is 29.6 Å². The average Bonchev–Trinajstić information content (AvgIpc) is 3.42. The zero-order valence-electron chi connectivity index (χ0n) is 19.3. The maximum absolute atomic E-state index is 15.6. The predicted molar refractivity (Wildman–Crippen MR) is 116 cm³/mol. The summed E-state index contributed by atoms with van der Waals surface area (Å²) in [7, 11) is 0. The van der Waals surface area contributed by atoms with Crippen LogP contribution in [0.4, 0.5) is 4.39 Å². The Labute approximate surface area is 193 Å². The zero-order valence-corrected chi connectivity index (χ0v) is 19.3. The molecule has 2 N–H and O–H groups in total. The monoisotopic (exact) mass is 460 g/mol. The van der Waals surface area contributed by atoms with Gasteiger partial charge in [-0.15, -0.1) is 0 Å². The molecule has 1 heterocycles. The van der Waals surface area contributed by atoms with Crippen LogP contribution in [-0.4, -0.2) is 58.2 Å². The number of hydrogen-bond donors (Lipinski definition) is 2. The molecular formula is C26H33FO6. The number of allylic oxidation sites excluding steroid dienone is 4. The van der Waals surface area contributed by atoms with Crippen molar-refractivity contribution in [2.24, 2.45) is 28.6 Å². The summed E-state index contributed by atoms with van der Waals surface area (Å²) in [6, 6.07) is 0. The lowest BCUT2D eigenvalue weighted by atomic mass is 9.46. The average molecular weight is 461 g/mol. The summed E-state index contributed by atoms with van der Waals surface area (Å²) >= 11 is 0. The molecule has 6 nitrogen and oxygen atoms in total. The van der Waals surface area contributed by atoms with Gasteiger partial charge in [0.05, 0.1) is 12.2 Å². The van der Waals surface area contributed by atoms with Crippen LogP contribution in [0.25, 0.3) is 0 Å². The topological polar surface area (TPSA) is 93.1 Å². The number of hydrogen-bond acceptors (Lipinski definition) is 6. The molecule has 1 saturated heterocycles. The highest BCUT2D eigenvalue weighted by atomic mass is 19.1. The third kappa shape index (κ3) is 2.57. The molecule has 4 saturated carbocycles. The smallest absolute Gasteiger partial charge is 0.193 e. The second kappa shape index (κ2) is 6.84. The summed E-state index contributed by atoms with van der Waals surface area (Å²) in [6.45, 7) is 3.24. The molecule has 0 amide bonds. The molecule has 5 aliphatic carbocycles. The number of halogens is 1. The molecule has 6 rings (SSSR count). The first-order chi connectivity index (χ1) is 15.6. The molecule has 0 aromatic heterocycles. The first kappa shape index (κ1) is 22.1. The number of Topliss-reactive ketones (excluding diaryl/α,β-unsaturated/α-hetero) is 1. The minimum atomic E-state index is -1.33. The van der Waals surface area contributed by atoms with Gasteiger partial charge in [0.15, 0.2) is 23.0 Å². The molecule has 0 unspecified atom stereocenters. The molecule has 1 aliphatic heterocycles. The van der Waals surface area contributed by atoms with E-state index in [4.69, 9.17) is 9.47 Å². The number of carbonyl (C=O) groups is 2. The molecule has 0 radical (unpaired) electrons. The first-order valence-electron chi connectivity index (χ1n) is 12.4. The minimum absolute atomic E-state index is 0.104. The number of ether oxygens (including phenoxy) is 2. The van der Waals surface area contributed by atoms with E-state index in [1.165, 1.54) is 12.2 Å². The highest BCUT2D eigenvalue weighted by Crippen LogP contribution is 2.71. The van der Waals surface area contributed by atoms with Crippen molar-refractivity contribution >= 4 is 11.6 Å². The molecule has 0 aromatic carbocycles. The summed E-state index contributed by atoms with van der Waals surface area (Å²) in [5.74, 6) is -1.98. The number of fused-ring (bicyclic) bond motifs is 7. The van der Waals surface area contributed by atoms with Crippen LogP contribution in [0.15, 0.2) is 23.8 Å². The third-order valence-electron chi connectivity index (χ3n) is 10.3. The van der Waals surface area contributed by atoms with E-state index < -0.39 is 53.0 Å². The molecule has 0 bridgehead atoms. The van der Waals surface area contributed by atoms with Gasteiger partial charge in [-0.25, -0.2) is 4.39 Å². The number of carbonyl (C=O) groups excluding carboxylic acids is 2. The number of aliphatic hydroxyl groups excluding tert-OH is 2. The SMILES string of the molecule is C[C@]12C=CC(=O)C=C1[C@@H](F)C[C@@H]1[C@@H]2[C@@H](O)C[C@@]2(C)[C@H]1C[C@H]1OC3(CCCC3)O[C@]12C(=O)CO. The van der Waals surface area contributed by atoms with E-state index in [1.807, 2.05) is 13.8 Å². The van der Waals surface area contributed by atoms with Gasteiger partial charge in [0.1, 0.15) is 12.8 Å². The quantitative estimate of drug-likeness (QED) is 0.658. The summed E-state index contributed by atoms with van der Waals surface area (Å²) in [5.41, 5.74) is -2.41. The number of rotatable bonds is 2. The van der Waals surface area contributed by atoms with Crippen LogP contribution < -0.4 is 0 Å². The highest BCUT2D eigenvalue weighted by molar-refractivity contribution is 6.01. The normalized spacial score (nSPS) is 51.7. The van der Waals surface area contributed by atoms with Crippen LogP contribution in [0, 0.1) is 28.6 Å². The maximum Gasteiger partial charge on any atom is 0.193 e. The fraction of sp³-hybridized carbons (Fsp3) is 0.769. The summed E-state index contributed by atoms with van der Waals surface area (Å²) in [4.78, 5) is 25.4. The van der Waals surface area contributed by atoms with Crippen molar-refractivity contribution in [1.29, 1.82) is 0 Å². The predicted octanol–water partition coefficient (Wildman–Crippen LogP) is 2.81. The molecule has 33 heavy (non-hydrogen) atoms. The molecule has 1 spiro atoms. The summed E-state index contributed by atoms with van der Waals surface area (Å²) < 4.78 is 28.7. The van der Waals surface area contributed by atoms with E-state index in [9.17, 15) is 19.8 Å². The Balaban J connectivity index is 1.44. The van der Waals surface area contributed by atoms with Crippen molar-refractivity contribution in [2.45, 2.75) is 88.6 Å². The van der Waals surface area contributed by atoms with Gasteiger partial charge in [0.2, 0.25) is 0 Å². The lowest BCUT2D eigenvalue weighted by molar-refractivity contribution is -0.236. The molecule has 0 aromatic rings. The van der Waals surface area contributed by atoms with Gasteiger partial charge < -0.3 is 19.7 Å². The first-order valence-corrected chi connectivity index (χ1v) is 12.4. The van der Waals surface area contributed by atoms with Crippen LogP contribution in [0.2, 0.25) is 0 Å². The van der Waals surface area contributed by atoms with Crippen molar-refractivity contribution < 1.29 is 33.7 Å². The van der Waals surface area contributed by atoms with E-state index in [-0.39, 0.29) is 30.0 Å². The Morgan fingerprint density at radius 2 is 1.97 bits per heavy atom.